The maximum absolute atomic E-state index is 12.1. The molecule has 0 radical (unpaired) electrons. The van der Waals surface area contributed by atoms with Crippen LogP contribution >= 0.6 is 0 Å². The van der Waals surface area contributed by atoms with E-state index in [-0.39, 0.29) is 0 Å². The second-order valence-corrected chi connectivity index (χ2v) is 6.54. The standard InChI is InChI=1S/C15H27N3O/c1-17-13-5-4-6-14(17)10-12(9-13)16-11-15(19)18-7-2-3-8-18/h12-14,16H,2-11H2,1H3. The molecule has 0 spiro atoms. The normalized spacial score (nSPS) is 35.6. The predicted molar refractivity (Wildman–Crippen MR) is 76.0 cm³/mol. The van der Waals surface area contributed by atoms with E-state index in [0.29, 0.717) is 18.5 Å². The number of piperidine rings is 2. The van der Waals surface area contributed by atoms with Gasteiger partial charge in [0.25, 0.3) is 0 Å². The number of carbonyl (C=O) groups is 1. The molecule has 19 heavy (non-hydrogen) atoms. The smallest absolute Gasteiger partial charge is 0.236 e. The van der Waals surface area contributed by atoms with Crippen LogP contribution in [0.4, 0.5) is 0 Å². The number of nitrogens with zero attached hydrogens (tertiary/aromatic N) is 2. The van der Waals surface area contributed by atoms with E-state index in [1.165, 1.54) is 44.9 Å². The van der Waals surface area contributed by atoms with Crippen LogP contribution in [-0.4, -0.2) is 60.5 Å². The maximum Gasteiger partial charge on any atom is 0.236 e. The number of hydrogen-bond acceptors (Lipinski definition) is 3. The van der Waals surface area contributed by atoms with Crippen LogP contribution in [0.3, 0.4) is 0 Å². The molecule has 3 rings (SSSR count). The van der Waals surface area contributed by atoms with Gasteiger partial charge >= 0.3 is 0 Å². The highest BCUT2D eigenvalue weighted by Gasteiger charge is 2.35. The molecule has 0 aromatic carbocycles. The zero-order valence-corrected chi connectivity index (χ0v) is 12.1. The molecule has 4 nitrogen and oxygen atoms in total. The summed E-state index contributed by atoms with van der Waals surface area (Å²) in [5, 5.41) is 3.53. The van der Waals surface area contributed by atoms with Gasteiger partial charge in [-0.05, 0) is 45.6 Å². The highest BCUT2D eigenvalue weighted by Crippen LogP contribution is 2.32. The van der Waals surface area contributed by atoms with Crippen molar-refractivity contribution in [2.24, 2.45) is 0 Å². The molecule has 2 unspecified atom stereocenters. The van der Waals surface area contributed by atoms with Gasteiger partial charge in [0.1, 0.15) is 0 Å². The number of hydrogen-bond donors (Lipinski definition) is 1. The molecule has 3 aliphatic rings. The molecule has 108 valence electrons. The van der Waals surface area contributed by atoms with Gasteiger partial charge in [-0.25, -0.2) is 0 Å². The van der Waals surface area contributed by atoms with Gasteiger partial charge in [0.05, 0.1) is 6.54 Å². The van der Waals surface area contributed by atoms with Crippen molar-refractivity contribution >= 4 is 5.91 Å². The monoisotopic (exact) mass is 265 g/mol. The van der Waals surface area contributed by atoms with Gasteiger partial charge in [-0.3, -0.25) is 4.79 Å². The van der Waals surface area contributed by atoms with Crippen molar-refractivity contribution in [3.63, 3.8) is 0 Å². The van der Waals surface area contributed by atoms with E-state index in [0.717, 1.165) is 25.2 Å². The lowest BCUT2D eigenvalue weighted by Crippen LogP contribution is -2.55. The van der Waals surface area contributed by atoms with Crippen molar-refractivity contribution in [2.45, 2.75) is 63.1 Å². The third kappa shape index (κ3) is 2.95. The summed E-state index contributed by atoms with van der Waals surface area (Å²) < 4.78 is 0. The first-order chi connectivity index (χ1) is 9.24. The predicted octanol–water partition coefficient (Wildman–Crippen LogP) is 1.21. The fourth-order valence-corrected chi connectivity index (χ4v) is 4.09. The highest BCUT2D eigenvalue weighted by atomic mass is 16.2. The Morgan fingerprint density at radius 2 is 1.74 bits per heavy atom. The van der Waals surface area contributed by atoms with E-state index in [2.05, 4.69) is 17.3 Å². The molecule has 2 bridgehead atoms. The van der Waals surface area contributed by atoms with Crippen molar-refractivity contribution in [3.8, 4) is 0 Å². The van der Waals surface area contributed by atoms with Gasteiger partial charge in [-0.2, -0.15) is 0 Å². The zero-order valence-electron chi connectivity index (χ0n) is 12.1. The average Bonchev–Trinajstić information content (AvgIpc) is 2.90. The molecule has 0 aliphatic carbocycles. The average molecular weight is 265 g/mol. The minimum absolute atomic E-state index is 0.307. The Bertz CT molecular complexity index is 313. The molecular weight excluding hydrogens is 238 g/mol. The second kappa shape index (κ2) is 5.80. The first-order valence-corrected chi connectivity index (χ1v) is 7.97. The number of fused-ring (bicyclic) bond motifs is 2. The Kier molecular flexibility index (Phi) is 4.08. The van der Waals surface area contributed by atoms with E-state index in [9.17, 15) is 4.79 Å². The van der Waals surface area contributed by atoms with E-state index < -0.39 is 0 Å². The number of nitrogens with one attached hydrogen (secondary N) is 1. The summed E-state index contributed by atoms with van der Waals surface area (Å²) in [7, 11) is 2.28. The lowest BCUT2D eigenvalue weighted by Gasteiger charge is -2.47. The maximum atomic E-state index is 12.1. The molecule has 0 aromatic heterocycles. The van der Waals surface area contributed by atoms with Crippen LogP contribution < -0.4 is 5.32 Å². The van der Waals surface area contributed by atoms with E-state index in [4.69, 9.17) is 0 Å². The second-order valence-electron chi connectivity index (χ2n) is 6.54. The van der Waals surface area contributed by atoms with Crippen molar-refractivity contribution in [1.29, 1.82) is 0 Å². The summed E-state index contributed by atoms with van der Waals surface area (Å²) in [6.07, 6.45) is 8.88. The third-order valence-corrected chi connectivity index (χ3v) is 5.34. The molecule has 1 amide bonds. The molecule has 3 heterocycles. The van der Waals surface area contributed by atoms with Crippen LogP contribution in [0.25, 0.3) is 0 Å². The quantitative estimate of drug-likeness (QED) is 0.833. The molecule has 2 atom stereocenters. The molecule has 3 aliphatic heterocycles. The molecular formula is C15H27N3O. The summed E-state index contributed by atoms with van der Waals surface area (Å²) in [6, 6.07) is 2.04. The Morgan fingerprint density at radius 1 is 1.11 bits per heavy atom. The summed E-state index contributed by atoms with van der Waals surface area (Å²) in [5.41, 5.74) is 0. The molecule has 1 N–H and O–H groups in total. The SMILES string of the molecule is CN1C2CCCC1CC(NCC(=O)N1CCCC1)C2. The highest BCUT2D eigenvalue weighted by molar-refractivity contribution is 5.78. The summed E-state index contributed by atoms with van der Waals surface area (Å²) in [4.78, 5) is 16.6. The topological polar surface area (TPSA) is 35.6 Å². The summed E-state index contributed by atoms with van der Waals surface area (Å²) in [6.45, 7) is 2.49. The van der Waals surface area contributed by atoms with Gasteiger partial charge in [0.2, 0.25) is 5.91 Å². The Balaban J connectivity index is 1.47. The van der Waals surface area contributed by atoms with Gasteiger partial charge in [0.15, 0.2) is 0 Å². The fraction of sp³-hybridized carbons (Fsp3) is 0.933. The Labute approximate surface area is 116 Å². The van der Waals surface area contributed by atoms with Crippen LogP contribution in [0, 0.1) is 0 Å². The van der Waals surface area contributed by atoms with Crippen LogP contribution in [0.15, 0.2) is 0 Å². The van der Waals surface area contributed by atoms with Crippen LogP contribution in [0.2, 0.25) is 0 Å². The first-order valence-electron chi connectivity index (χ1n) is 7.97. The molecule has 3 saturated heterocycles. The number of likely N-dealkylation sites (tertiary alicyclic amines) is 1. The lowest BCUT2D eigenvalue weighted by molar-refractivity contribution is -0.129. The van der Waals surface area contributed by atoms with Gasteiger partial charge in [-0.15, -0.1) is 0 Å². The Morgan fingerprint density at radius 3 is 2.37 bits per heavy atom. The zero-order chi connectivity index (χ0) is 13.2. The molecule has 0 saturated carbocycles. The van der Waals surface area contributed by atoms with Gasteiger partial charge in [-0.1, -0.05) is 6.42 Å². The molecule has 3 fully saturated rings. The van der Waals surface area contributed by atoms with E-state index in [1.807, 2.05) is 4.90 Å². The molecule has 4 heteroatoms. The van der Waals surface area contributed by atoms with Crippen molar-refractivity contribution in [1.82, 2.24) is 15.1 Å². The largest absolute Gasteiger partial charge is 0.342 e. The van der Waals surface area contributed by atoms with E-state index >= 15 is 0 Å². The number of amides is 1. The van der Waals surface area contributed by atoms with Crippen molar-refractivity contribution in [2.75, 3.05) is 26.7 Å². The summed E-state index contributed by atoms with van der Waals surface area (Å²) in [5.74, 6) is 0.307. The summed E-state index contributed by atoms with van der Waals surface area (Å²) >= 11 is 0. The first kappa shape index (κ1) is 13.4. The number of rotatable bonds is 3. The lowest BCUT2D eigenvalue weighted by atomic mass is 9.82. The minimum Gasteiger partial charge on any atom is -0.342 e. The molecule has 0 aromatic rings. The van der Waals surface area contributed by atoms with Crippen molar-refractivity contribution < 1.29 is 4.79 Å². The Hall–Kier alpha value is -0.610. The van der Waals surface area contributed by atoms with Gasteiger partial charge in [0, 0.05) is 31.2 Å². The van der Waals surface area contributed by atoms with Crippen LogP contribution in [0.5, 0.6) is 0 Å². The minimum atomic E-state index is 0.307. The van der Waals surface area contributed by atoms with Crippen molar-refractivity contribution in [3.05, 3.63) is 0 Å². The van der Waals surface area contributed by atoms with Crippen LogP contribution in [0.1, 0.15) is 44.9 Å². The fourth-order valence-electron chi connectivity index (χ4n) is 4.09. The third-order valence-electron chi connectivity index (χ3n) is 5.34. The van der Waals surface area contributed by atoms with Crippen LogP contribution in [-0.2, 0) is 4.79 Å². The number of carbonyl (C=O) groups excluding carboxylic acids is 1. The van der Waals surface area contributed by atoms with E-state index in [1.54, 1.807) is 0 Å². The van der Waals surface area contributed by atoms with Gasteiger partial charge < -0.3 is 15.1 Å².